The van der Waals surface area contributed by atoms with Crippen molar-refractivity contribution in [1.29, 1.82) is 0 Å². The highest BCUT2D eigenvalue weighted by molar-refractivity contribution is 5.92. The molecule has 0 saturated carbocycles. The zero-order valence-corrected chi connectivity index (χ0v) is 22.0. The van der Waals surface area contributed by atoms with Gasteiger partial charge < -0.3 is 20.4 Å². The van der Waals surface area contributed by atoms with E-state index in [2.05, 4.69) is 40.5 Å². The zero-order chi connectivity index (χ0) is 28.1. The van der Waals surface area contributed by atoms with Gasteiger partial charge in [-0.15, -0.1) is 0 Å². The molecule has 0 aliphatic rings. The largest absolute Gasteiger partial charge is 0.481 e. The number of carbonyl (C=O) groups excluding carboxylic acids is 1. The van der Waals surface area contributed by atoms with Crippen LogP contribution in [-0.4, -0.2) is 42.9 Å². The normalized spacial score (nSPS) is 11.5. The first-order valence-corrected chi connectivity index (χ1v) is 12.4. The number of amides is 1. The van der Waals surface area contributed by atoms with Crippen LogP contribution in [-0.2, 0) is 0 Å². The number of aryl methyl sites for hydroxylation is 1. The Labute approximate surface area is 229 Å². The highest BCUT2D eigenvalue weighted by Crippen LogP contribution is 2.22. The number of anilines is 2. The Kier molecular flexibility index (Phi) is 7.54. The molecule has 5 aromatic heterocycles. The maximum absolute atomic E-state index is 12.9. The molecule has 3 N–H and O–H groups in total. The summed E-state index contributed by atoms with van der Waals surface area (Å²) in [6, 6.07) is 15.5. The fourth-order valence-corrected chi connectivity index (χ4v) is 3.93. The molecule has 0 bridgehead atoms. The Morgan fingerprint density at radius 2 is 1.75 bits per heavy atom. The number of methoxy groups -OCH3 is 1. The third kappa shape index (κ3) is 6.16. The van der Waals surface area contributed by atoms with Crippen molar-refractivity contribution in [2.45, 2.75) is 19.9 Å². The van der Waals surface area contributed by atoms with E-state index in [-0.39, 0.29) is 23.2 Å². The fourth-order valence-electron chi connectivity index (χ4n) is 3.93. The van der Waals surface area contributed by atoms with E-state index in [1.165, 1.54) is 6.07 Å². The SMILES string of the molecule is COc1ccc(-c2ccc(C(C)NC(=O)c3ccc(-c4nc(C)cc(Nc5cc[nH]c(=O)c5)n4)cn3)cn2)cn1. The van der Waals surface area contributed by atoms with Crippen molar-refractivity contribution >= 4 is 17.4 Å². The molecule has 11 nitrogen and oxygen atoms in total. The fraction of sp³-hybridized carbons (Fsp3) is 0.138. The van der Waals surface area contributed by atoms with Crippen LogP contribution in [0.1, 0.15) is 34.7 Å². The molecule has 200 valence electrons. The number of nitrogens with zero attached hydrogens (tertiary/aromatic N) is 5. The van der Waals surface area contributed by atoms with Gasteiger partial charge in [0.2, 0.25) is 11.4 Å². The van der Waals surface area contributed by atoms with Crippen molar-refractivity contribution in [1.82, 2.24) is 35.2 Å². The summed E-state index contributed by atoms with van der Waals surface area (Å²) in [5.74, 6) is 1.20. The van der Waals surface area contributed by atoms with Crippen molar-refractivity contribution in [3.05, 3.63) is 107 Å². The van der Waals surface area contributed by atoms with Gasteiger partial charge in [-0.1, -0.05) is 6.07 Å². The number of pyridine rings is 4. The molecule has 0 saturated heterocycles. The lowest BCUT2D eigenvalue weighted by Crippen LogP contribution is -2.27. The molecule has 0 radical (unpaired) electrons. The van der Waals surface area contributed by atoms with Crippen molar-refractivity contribution in [2.75, 3.05) is 12.4 Å². The topological polar surface area (TPSA) is 148 Å². The maximum atomic E-state index is 12.9. The van der Waals surface area contributed by atoms with Crippen LogP contribution in [0.2, 0.25) is 0 Å². The van der Waals surface area contributed by atoms with Gasteiger partial charge in [0.25, 0.3) is 5.91 Å². The highest BCUT2D eigenvalue weighted by atomic mass is 16.5. The number of hydrogen-bond donors (Lipinski definition) is 3. The molecule has 0 aromatic carbocycles. The minimum Gasteiger partial charge on any atom is -0.481 e. The first-order chi connectivity index (χ1) is 19.4. The summed E-state index contributed by atoms with van der Waals surface area (Å²) in [6.07, 6.45) is 6.55. The second-order valence-electron chi connectivity index (χ2n) is 8.98. The quantitative estimate of drug-likeness (QED) is 0.266. The average Bonchev–Trinajstić information content (AvgIpc) is 2.97. The van der Waals surface area contributed by atoms with E-state index in [1.54, 1.807) is 62.2 Å². The van der Waals surface area contributed by atoms with E-state index in [9.17, 15) is 9.59 Å². The second kappa shape index (κ2) is 11.5. The van der Waals surface area contributed by atoms with Crippen LogP contribution in [0.4, 0.5) is 11.5 Å². The number of rotatable bonds is 8. The molecule has 5 heterocycles. The van der Waals surface area contributed by atoms with Gasteiger partial charge in [0.1, 0.15) is 11.5 Å². The second-order valence-corrected chi connectivity index (χ2v) is 8.98. The number of aromatic amines is 1. The van der Waals surface area contributed by atoms with E-state index in [0.29, 0.717) is 28.8 Å². The lowest BCUT2D eigenvalue weighted by molar-refractivity contribution is 0.0935. The van der Waals surface area contributed by atoms with Gasteiger partial charge in [-0.3, -0.25) is 19.6 Å². The van der Waals surface area contributed by atoms with Gasteiger partial charge in [0.15, 0.2) is 5.82 Å². The summed E-state index contributed by atoms with van der Waals surface area (Å²) in [6.45, 7) is 3.73. The first-order valence-electron chi connectivity index (χ1n) is 12.4. The molecule has 1 unspecified atom stereocenters. The van der Waals surface area contributed by atoms with Gasteiger partial charge in [-0.25, -0.2) is 15.0 Å². The molecule has 5 rings (SSSR count). The van der Waals surface area contributed by atoms with E-state index < -0.39 is 0 Å². The summed E-state index contributed by atoms with van der Waals surface area (Å²) in [5, 5.41) is 6.07. The van der Waals surface area contributed by atoms with Gasteiger partial charge in [0.05, 0.1) is 18.8 Å². The van der Waals surface area contributed by atoms with Crippen LogP contribution in [0.25, 0.3) is 22.6 Å². The highest BCUT2D eigenvalue weighted by Gasteiger charge is 2.15. The summed E-state index contributed by atoms with van der Waals surface area (Å²) in [7, 11) is 1.57. The summed E-state index contributed by atoms with van der Waals surface area (Å²) in [5.41, 5.74) is 4.51. The molecule has 0 fully saturated rings. The number of hydrogen-bond acceptors (Lipinski definition) is 9. The van der Waals surface area contributed by atoms with Crippen molar-refractivity contribution in [2.24, 2.45) is 0 Å². The first kappa shape index (κ1) is 26.2. The number of ether oxygens (including phenoxy) is 1. The van der Waals surface area contributed by atoms with E-state index in [4.69, 9.17) is 4.74 Å². The molecule has 1 atom stereocenters. The van der Waals surface area contributed by atoms with E-state index in [1.807, 2.05) is 32.0 Å². The molecular formula is C29H26N8O3. The van der Waals surface area contributed by atoms with Gasteiger partial charge in [0, 0.05) is 65.5 Å². The number of H-pyrrole nitrogens is 1. The third-order valence-corrected chi connectivity index (χ3v) is 6.03. The molecule has 0 spiro atoms. The monoisotopic (exact) mass is 534 g/mol. The van der Waals surface area contributed by atoms with E-state index >= 15 is 0 Å². The van der Waals surface area contributed by atoms with Crippen LogP contribution in [0.3, 0.4) is 0 Å². The summed E-state index contributed by atoms with van der Waals surface area (Å²) >= 11 is 0. The predicted octanol–water partition coefficient (Wildman–Crippen LogP) is 4.24. The lowest BCUT2D eigenvalue weighted by Gasteiger charge is -2.14. The third-order valence-electron chi connectivity index (χ3n) is 6.03. The minimum absolute atomic E-state index is 0.220. The van der Waals surface area contributed by atoms with Crippen LogP contribution in [0, 0.1) is 6.92 Å². The standard InChI is InChI=1S/C29H26N8O3/c1-17-12-25(36-22-10-11-30-26(38)13-22)37-28(34-17)21-5-8-24(32-16-21)29(39)35-18(2)19-4-7-23(31-14-19)20-6-9-27(40-3)33-15-20/h4-16,18H,1-3H3,(H,35,39)(H2,30,34,36,37,38). The van der Waals surface area contributed by atoms with Crippen LogP contribution in [0.5, 0.6) is 5.88 Å². The average molecular weight is 535 g/mol. The molecule has 1 amide bonds. The smallest absolute Gasteiger partial charge is 0.270 e. The van der Waals surface area contributed by atoms with Gasteiger partial charge in [-0.05, 0) is 49.7 Å². The zero-order valence-electron chi connectivity index (χ0n) is 22.0. The van der Waals surface area contributed by atoms with E-state index in [0.717, 1.165) is 22.5 Å². The Morgan fingerprint density at radius 1 is 0.925 bits per heavy atom. The van der Waals surface area contributed by atoms with Gasteiger partial charge >= 0.3 is 0 Å². The Morgan fingerprint density at radius 3 is 2.42 bits per heavy atom. The molecule has 5 aromatic rings. The number of aromatic nitrogens is 6. The maximum Gasteiger partial charge on any atom is 0.270 e. The molecule has 11 heteroatoms. The lowest BCUT2D eigenvalue weighted by atomic mass is 10.1. The minimum atomic E-state index is -0.315. The molecular weight excluding hydrogens is 508 g/mol. The van der Waals surface area contributed by atoms with Crippen LogP contribution < -0.4 is 20.9 Å². The predicted molar refractivity (Wildman–Crippen MR) is 150 cm³/mol. The summed E-state index contributed by atoms with van der Waals surface area (Å²) in [4.78, 5) is 49.1. The molecule has 40 heavy (non-hydrogen) atoms. The van der Waals surface area contributed by atoms with Gasteiger partial charge in [-0.2, -0.15) is 0 Å². The van der Waals surface area contributed by atoms with Crippen LogP contribution in [0.15, 0.2) is 84.2 Å². The Hall–Kier alpha value is -5.45. The number of carbonyl (C=O) groups is 1. The molecule has 0 aliphatic carbocycles. The Bertz CT molecular complexity index is 1690. The van der Waals surface area contributed by atoms with Crippen LogP contribution >= 0.6 is 0 Å². The van der Waals surface area contributed by atoms with Crippen molar-refractivity contribution in [3.63, 3.8) is 0 Å². The molecule has 0 aliphatic heterocycles. The van der Waals surface area contributed by atoms with Crippen molar-refractivity contribution in [3.8, 4) is 28.5 Å². The number of nitrogens with one attached hydrogen (secondary N) is 3. The van der Waals surface area contributed by atoms with Crippen molar-refractivity contribution < 1.29 is 9.53 Å². The Balaban J connectivity index is 1.25. The summed E-state index contributed by atoms with van der Waals surface area (Å²) < 4.78 is 5.10.